The molecule has 1 aliphatic carbocycles. The third-order valence-electron chi connectivity index (χ3n) is 3.51. The van der Waals surface area contributed by atoms with E-state index in [1.54, 1.807) is 11.0 Å². The fourth-order valence-electron chi connectivity index (χ4n) is 2.35. The number of amides is 1. The molecular weight excluding hydrogens is 280 g/mol. The number of nitrogens with two attached hydrogens (primary N) is 1. The van der Waals surface area contributed by atoms with Gasteiger partial charge in [0.05, 0.1) is 17.1 Å². The van der Waals surface area contributed by atoms with Crippen molar-refractivity contribution in [1.29, 1.82) is 0 Å². The molecule has 20 heavy (non-hydrogen) atoms. The maximum Gasteiger partial charge on any atom is 0.238 e. The first-order valence-corrected chi connectivity index (χ1v) is 8.06. The Balaban J connectivity index is 2.05. The Bertz CT molecular complexity index is 667. The summed E-state index contributed by atoms with van der Waals surface area (Å²) in [5, 5.41) is 5.14. The number of benzene rings is 1. The fourth-order valence-corrected chi connectivity index (χ4v) is 2.89. The minimum absolute atomic E-state index is 0.0111. The molecule has 1 aliphatic heterocycles. The molecule has 1 aromatic carbocycles. The molecule has 1 amide bonds. The Labute approximate surface area is 117 Å². The van der Waals surface area contributed by atoms with Gasteiger partial charge >= 0.3 is 0 Å². The number of carbonyl (C=O) groups excluding carboxylic acids is 1. The highest BCUT2D eigenvalue weighted by Crippen LogP contribution is 2.39. The number of carbonyl (C=O) groups is 1. The van der Waals surface area contributed by atoms with Gasteiger partial charge in [-0.1, -0.05) is 0 Å². The van der Waals surface area contributed by atoms with E-state index in [9.17, 15) is 13.2 Å². The number of hydrogen-bond donors (Lipinski definition) is 1. The quantitative estimate of drug-likeness (QED) is 0.876. The van der Waals surface area contributed by atoms with Crippen LogP contribution in [0.3, 0.4) is 0 Å². The molecule has 1 unspecified atom stereocenters. The lowest BCUT2D eigenvalue weighted by Gasteiger charge is -2.33. The van der Waals surface area contributed by atoms with Gasteiger partial charge in [-0.05, 0) is 38.0 Å². The monoisotopic (exact) mass is 296 g/mol. The molecule has 1 atom stereocenters. The number of hydrogen-bond acceptors (Lipinski definition) is 4. The van der Waals surface area contributed by atoms with Crippen LogP contribution in [-0.2, 0) is 14.8 Å². The maximum absolute atomic E-state index is 12.3. The van der Waals surface area contributed by atoms with Crippen molar-refractivity contribution in [3.8, 4) is 5.75 Å². The van der Waals surface area contributed by atoms with Gasteiger partial charge in [0.1, 0.15) is 11.9 Å². The van der Waals surface area contributed by atoms with Crippen LogP contribution in [0, 0.1) is 5.92 Å². The van der Waals surface area contributed by atoms with Crippen LogP contribution < -0.4 is 14.8 Å². The van der Waals surface area contributed by atoms with Crippen molar-refractivity contribution in [1.82, 2.24) is 0 Å². The second-order valence-corrected chi connectivity index (χ2v) is 6.89. The number of rotatable bonds is 2. The number of primary sulfonamides is 1. The maximum atomic E-state index is 12.3. The van der Waals surface area contributed by atoms with Gasteiger partial charge in [0.15, 0.2) is 0 Å². The first-order valence-electron chi connectivity index (χ1n) is 6.51. The van der Waals surface area contributed by atoms with Crippen LogP contribution in [0.25, 0.3) is 0 Å². The molecule has 7 heteroatoms. The van der Waals surface area contributed by atoms with E-state index in [1.807, 2.05) is 6.92 Å². The molecule has 1 fully saturated rings. The van der Waals surface area contributed by atoms with Gasteiger partial charge in [0.25, 0.3) is 0 Å². The summed E-state index contributed by atoms with van der Waals surface area (Å²) in [5.41, 5.74) is 0.492. The summed E-state index contributed by atoms with van der Waals surface area (Å²) in [5.74, 6) is 0.615. The lowest BCUT2D eigenvalue weighted by molar-refractivity contribution is -0.120. The predicted octanol–water partition coefficient (Wildman–Crippen LogP) is 0.858. The van der Waals surface area contributed by atoms with E-state index in [0.717, 1.165) is 12.8 Å². The van der Waals surface area contributed by atoms with E-state index in [-0.39, 0.29) is 22.8 Å². The van der Waals surface area contributed by atoms with E-state index in [1.165, 1.54) is 12.1 Å². The topological polar surface area (TPSA) is 89.7 Å². The van der Waals surface area contributed by atoms with Gasteiger partial charge in [0.2, 0.25) is 15.9 Å². The normalized spacial score (nSPS) is 22.1. The molecule has 1 heterocycles. The van der Waals surface area contributed by atoms with Crippen molar-refractivity contribution >= 4 is 21.6 Å². The molecule has 0 aromatic heterocycles. The molecule has 108 valence electrons. The summed E-state index contributed by atoms with van der Waals surface area (Å²) in [6.45, 7) is 2.31. The van der Waals surface area contributed by atoms with E-state index < -0.39 is 10.0 Å². The predicted molar refractivity (Wildman–Crippen MR) is 73.0 cm³/mol. The van der Waals surface area contributed by atoms with Crippen molar-refractivity contribution in [3.05, 3.63) is 18.2 Å². The summed E-state index contributed by atoms with van der Waals surface area (Å²) in [6.07, 6.45) is 1.68. The molecule has 0 saturated heterocycles. The van der Waals surface area contributed by atoms with Gasteiger partial charge in [0, 0.05) is 5.92 Å². The Kier molecular flexibility index (Phi) is 2.98. The van der Waals surface area contributed by atoms with Crippen LogP contribution in [0.2, 0.25) is 0 Å². The van der Waals surface area contributed by atoms with Gasteiger partial charge in [-0.2, -0.15) is 0 Å². The van der Waals surface area contributed by atoms with E-state index in [2.05, 4.69) is 0 Å². The van der Waals surface area contributed by atoms with Crippen molar-refractivity contribution in [2.75, 3.05) is 11.4 Å². The molecule has 3 rings (SSSR count). The SMILES string of the molecule is CC1CN(C(=O)C2CC2)c2cc(S(N)(=O)=O)ccc2O1. The number of fused-ring (bicyclic) bond motifs is 1. The first kappa shape index (κ1) is 13.4. The Morgan fingerprint density at radius 2 is 2.10 bits per heavy atom. The van der Waals surface area contributed by atoms with E-state index in [4.69, 9.17) is 9.88 Å². The molecule has 0 radical (unpaired) electrons. The van der Waals surface area contributed by atoms with Crippen LogP contribution in [-0.4, -0.2) is 27.0 Å². The first-order chi connectivity index (χ1) is 9.36. The standard InChI is InChI=1S/C13H16N2O4S/c1-8-7-15(13(16)9-2-3-9)11-6-10(20(14,17)18)4-5-12(11)19-8/h4-6,8-9H,2-3,7H2,1H3,(H2,14,17,18). The highest BCUT2D eigenvalue weighted by atomic mass is 32.2. The lowest BCUT2D eigenvalue weighted by atomic mass is 10.1. The number of sulfonamides is 1. The highest BCUT2D eigenvalue weighted by Gasteiger charge is 2.37. The number of nitrogens with zero attached hydrogens (tertiary/aromatic N) is 1. The zero-order chi connectivity index (χ0) is 14.5. The van der Waals surface area contributed by atoms with Gasteiger partial charge in [-0.3, -0.25) is 4.79 Å². The largest absolute Gasteiger partial charge is 0.487 e. The van der Waals surface area contributed by atoms with Crippen LogP contribution >= 0.6 is 0 Å². The van der Waals surface area contributed by atoms with Gasteiger partial charge in [-0.15, -0.1) is 0 Å². The average molecular weight is 296 g/mol. The minimum Gasteiger partial charge on any atom is -0.487 e. The zero-order valence-electron chi connectivity index (χ0n) is 11.1. The van der Waals surface area contributed by atoms with Gasteiger partial charge < -0.3 is 9.64 Å². The van der Waals surface area contributed by atoms with Crippen molar-refractivity contribution < 1.29 is 17.9 Å². The number of anilines is 1. The average Bonchev–Trinajstić information content (AvgIpc) is 3.19. The Morgan fingerprint density at radius 3 is 2.70 bits per heavy atom. The summed E-state index contributed by atoms with van der Waals surface area (Å²) >= 11 is 0. The lowest BCUT2D eigenvalue weighted by Crippen LogP contribution is -2.43. The van der Waals surface area contributed by atoms with E-state index in [0.29, 0.717) is 18.0 Å². The second kappa shape index (κ2) is 4.46. The van der Waals surface area contributed by atoms with Crippen molar-refractivity contribution in [2.24, 2.45) is 11.1 Å². The molecule has 1 aromatic rings. The molecule has 6 nitrogen and oxygen atoms in total. The van der Waals surface area contributed by atoms with Crippen LogP contribution in [0.5, 0.6) is 5.75 Å². The molecule has 0 spiro atoms. The van der Waals surface area contributed by atoms with Crippen molar-refractivity contribution in [2.45, 2.75) is 30.8 Å². The Hall–Kier alpha value is -1.60. The summed E-state index contributed by atoms with van der Waals surface area (Å²) in [4.78, 5) is 13.9. The summed E-state index contributed by atoms with van der Waals surface area (Å²) < 4.78 is 28.5. The third-order valence-corrected chi connectivity index (χ3v) is 4.42. The van der Waals surface area contributed by atoms with Crippen molar-refractivity contribution in [3.63, 3.8) is 0 Å². The van der Waals surface area contributed by atoms with Crippen LogP contribution in [0.15, 0.2) is 23.1 Å². The number of ether oxygens (including phenoxy) is 1. The second-order valence-electron chi connectivity index (χ2n) is 5.33. The van der Waals surface area contributed by atoms with Crippen LogP contribution in [0.1, 0.15) is 19.8 Å². The molecule has 1 saturated carbocycles. The van der Waals surface area contributed by atoms with Gasteiger partial charge in [-0.25, -0.2) is 13.6 Å². The molecular formula is C13H16N2O4S. The van der Waals surface area contributed by atoms with E-state index >= 15 is 0 Å². The smallest absolute Gasteiger partial charge is 0.238 e. The fraction of sp³-hybridized carbons (Fsp3) is 0.462. The molecule has 2 aliphatic rings. The third kappa shape index (κ3) is 2.38. The molecule has 2 N–H and O–H groups in total. The zero-order valence-corrected chi connectivity index (χ0v) is 11.9. The summed E-state index contributed by atoms with van der Waals surface area (Å²) in [7, 11) is -3.80. The minimum atomic E-state index is -3.80. The highest BCUT2D eigenvalue weighted by molar-refractivity contribution is 7.89. The van der Waals surface area contributed by atoms with Crippen LogP contribution in [0.4, 0.5) is 5.69 Å². The molecule has 0 bridgehead atoms. The Morgan fingerprint density at radius 1 is 1.40 bits per heavy atom. The summed E-state index contributed by atoms with van der Waals surface area (Å²) in [6, 6.07) is 4.36.